The molecule has 0 spiro atoms. The van der Waals surface area contributed by atoms with Crippen molar-refractivity contribution in [3.8, 4) is 11.3 Å². The van der Waals surface area contributed by atoms with Crippen molar-refractivity contribution in [2.24, 2.45) is 0 Å². The maximum absolute atomic E-state index is 10.9. The summed E-state index contributed by atoms with van der Waals surface area (Å²) < 4.78 is 7.17. The topological polar surface area (TPSA) is 30.2 Å². The Morgan fingerprint density at radius 1 is 1.19 bits per heavy atom. The Bertz CT molecular complexity index is 549. The molecule has 0 bridgehead atoms. The predicted molar refractivity (Wildman–Crippen MR) is 69.7 cm³/mol. The van der Waals surface area contributed by atoms with Gasteiger partial charge >= 0.3 is 0 Å². The van der Waals surface area contributed by atoms with E-state index in [4.69, 9.17) is 16.0 Å². The van der Waals surface area contributed by atoms with E-state index in [1.807, 2.05) is 18.2 Å². The largest absolute Gasteiger partial charge is 0.452 e. The van der Waals surface area contributed by atoms with Gasteiger partial charge in [0.2, 0.25) is 0 Å². The van der Waals surface area contributed by atoms with Crippen LogP contribution < -0.4 is 0 Å². The molecule has 0 aliphatic rings. The van der Waals surface area contributed by atoms with Gasteiger partial charge in [0.25, 0.3) is 5.24 Å². The fourth-order valence-corrected chi connectivity index (χ4v) is 2.62. The van der Waals surface area contributed by atoms with Crippen molar-refractivity contribution in [2.45, 2.75) is 0 Å². The minimum absolute atomic E-state index is 0.145. The van der Waals surface area contributed by atoms with Gasteiger partial charge in [-0.15, -0.1) is 0 Å². The summed E-state index contributed by atoms with van der Waals surface area (Å²) in [6, 6.07) is 8.95. The van der Waals surface area contributed by atoms with E-state index < -0.39 is 5.24 Å². The number of hydrogen-bond acceptors (Lipinski definition) is 2. The summed E-state index contributed by atoms with van der Waals surface area (Å²) in [6.07, 6.45) is 0. The summed E-state index contributed by atoms with van der Waals surface area (Å²) in [5.74, 6) is 0.745. The molecule has 0 atom stereocenters. The Labute approximate surface area is 114 Å². The molecule has 5 heteroatoms. The lowest BCUT2D eigenvalue weighted by molar-refractivity contribution is 0.105. The molecule has 0 unspecified atom stereocenters. The van der Waals surface area contributed by atoms with Crippen LogP contribution in [0.1, 0.15) is 10.6 Å². The molecule has 2 rings (SSSR count). The molecule has 2 nitrogen and oxygen atoms in total. The zero-order valence-electron chi connectivity index (χ0n) is 7.84. The van der Waals surface area contributed by atoms with E-state index in [2.05, 4.69) is 31.9 Å². The quantitative estimate of drug-likeness (QED) is 0.713. The van der Waals surface area contributed by atoms with Crippen LogP contribution in [0.3, 0.4) is 0 Å². The monoisotopic (exact) mass is 362 g/mol. The van der Waals surface area contributed by atoms with Gasteiger partial charge < -0.3 is 4.42 Å². The van der Waals surface area contributed by atoms with Gasteiger partial charge in [0.1, 0.15) is 5.76 Å². The van der Waals surface area contributed by atoms with E-state index in [9.17, 15) is 4.79 Å². The van der Waals surface area contributed by atoms with E-state index in [1.165, 1.54) is 0 Å². The van der Waals surface area contributed by atoms with Crippen LogP contribution in [-0.2, 0) is 0 Å². The van der Waals surface area contributed by atoms with E-state index in [1.54, 1.807) is 12.1 Å². The minimum atomic E-state index is -0.598. The number of carbonyl (C=O) groups excluding carboxylic acids is 1. The van der Waals surface area contributed by atoms with E-state index in [0.29, 0.717) is 5.76 Å². The van der Waals surface area contributed by atoms with Gasteiger partial charge in [-0.1, -0.05) is 15.9 Å². The van der Waals surface area contributed by atoms with E-state index in [0.717, 1.165) is 14.5 Å². The third kappa shape index (κ3) is 2.39. The van der Waals surface area contributed by atoms with Gasteiger partial charge in [0, 0.05) is 14.5 Å². The van der Waals surface area contributed by atoms with Crippen LogP contribution in [0.25, 0.3) is 11.3 Å². The first-order chi connectivity index (χ1) is 7.58. The third-order valence-electron chi connectivity index (χ3n) is 2.00. The highest BCUT2D eigenvalue weighted by Gasteiger charge is 2.11. The molecule has 0 fully saturated rings. The molecule has 1 aromatic carbocycles. The van der Waals surface area contributed by atoms with Crippen LogP contribution in [0.15, 0.2) is 43.7 Å². The normalized spacial score (nSPS) is 10.4. The fourth-order valence-electron chi connectivity index (χ4n) is 1.28. The zero-order valence-corrected chi connectivity index (χ0v) is 11.8. The van der Waals surface area contributed by atoms with Crippen LogP contribution in [-0.4, -0.2) is 5.24 Å². The first-order valence-corrected chi connectivity index (χ1v) is 6.29. The zero-order chi connectivity index (χ0) is 11.7. The van der Waals surface area contributed by atoms with Crippen molar-refractivity contribution in [3.63, 3.8) is 0 Å². The number of hydrogen-bond donors (Lipinski definition) is 0. The summed E-state index contributed by atoms with van der Waals surface area (Å²) >= 11 is 12.1. The van der Waals surface area contributed by atoms with Crippen LogP contribution in [0.5, 0.6) is 0 Å². The minimum Gasteiger partial charge on any atom is -0.452 e. The molecule has 0 N–H and O–H groups in total. The molecule has 1 aromatic heterocycles. The summed E-state index contributed by atoms with van der Waals surface area (Å²) in [4.78, 5) is 10.9. The fraction of sp³-hybridized carbons (Fsp3) is 0. The maximum atomic E-state index is 10.9. The van der Waals surface area contributed by atoms with E-state index in [-0.39, 0.29) is 5.76 Å². The van der Waals surface area contributed by atoms with Crippen molar-refractivity contribution in [1.82, 2.24) is 0 Å². The van der Waals surface area contributed by atoms with Gasteiger partial charge in [0.05, 0.1) is 0 Å². The van der Waals surface area contributed by atoms with Gasteiger partial charge in [-0.25, -0.2) is 0 Å². The predicted octanol–water partition coefficient (Wildman–Crippen LogP) is 4.85. The molecule has 0 amide bonds. The highest BCUT2D eigenvalue weighted by molar-refractivity contribution is 9.11. The highest BCUT2D eigenvalue weighted by atomic mass is 79.9. The molecule has 1 heterocycles. The Balaban J connectivity index is 2.46. The SMILES string of the molecule is O=C(Cl)c1ccc(-c2ccc(Br)cc2Br)o1. The number of carbonyl (C=O) groups is 1. The first-order valence-electron chi connectivity index (χ1n) is 4.33. The molecular formula is C11H5Br2ClO2. The standard InChI is InChI=1S/C11H5Br2ClO2/c12-6-1-2-7(8(13)5-6)9-3-4-10(16-9)11(14)15/h1-5H. The number of rotatable bonds is 2. The number of furan rings is 1. The van der Waals surface area contributed by atoms with Crippen molar-refractivity contribution in [2.75, 3.05) is 0 Å². The molecule has 0 saturated heterocycles. The molecule has 0 aliphatic carbocycles. The second kappa shape index (κ2) is 4.73. The average molecular weight is 364 g/mol. The summed E-state index contributed by atoms with van der Waals surface area (Å²) in [5.41, 5.74) is 0.868. The van der Waals surface area contributed by atoms with Crippen LogP contribution in [0.2, 0.25) is 0 Å². The molecule has 0 saturated carbocycles. The molecule has 16 heavy (non-hydrogen) atoms. The number of benzene rings is 1. The van der Waals surface area contributed by atoms with Gasteiger partial charge in [0.15, 0.2) is 5.76 Å². The Kier molecular flexibility index (Phi) is 3.52. The lowest BCUT2D eigenvalue weighted by atomic mass is 10.2. The summed E-state index contributed by atoms with van der Waals surface area (Å²) in [7, 11) is 0. The molecular weight excluding hydrogens is 359 g/mol. The third-order valence-corrected chi connectivity index (χ3v) is 3.33. The van der Waals surface area contributed by atoms with Crippen molar-refractivity contribution >= 4 is 48.7 Å². The molecule has 82 valence electrons. The number of halogens is 3. The Morgan fingerprint density at radius 3 is 2.50 bits per heavy atom. The van der Waals surface area contributed by atoms with Gasteiger partial charge in [-0.3, -0.25) is 4.79 Å². The van der Waals surface area contributed by atoms with Gasteiger partial charge in [-0.05, 0) is 57.9 Å². The average Bonchev–Trinajstić information content (AvgIpc) is 2.66. The Morgan fingerprint density at radius 2 is 1.94 bits per heavy atom. The second-order valence-electron chi connectivity index (χ2n) is 3.06. The van der Waals surface area contributed by atoms with Crippen LogP contribution in [0.4, 0.5) is 0 Å². The Hall–Kier alpha value is -0.580. The van der Waals surface area contributed by atoms with Crippen molar-refractivity contribution in [3.05, 3.63) is 45.0 Å². The van der Waals surface area contributed by atoms with Crippen molar-refractivity contribution < 1.29 is 9.21 Å². The van der Waals surface area contributed by atoms with Gasteiger partial charge in [-0.2, -0.15) is 0 Å². The van der Waals surface area contributed by atoms with Crippen molar-refractivity contribution in [1.29, 1.82) is 0 Å². The van der Waals surface area contributed by atoms with Crippen LogP contribution in [0, 0.1) is 0 Å². The molecule has 2 aromatic rings. The van der Waals surface area contributed by atoms with E-state index >= 15 is 0 Å². The first kappa shape index (κ1) is 11.9. The summed E-state index contributed by atoms with van der Waals surface area (Å²) in [6.45, 7) is 0. The maximum Gasteiger partial charge on any atom is 0.287 e. The van der Waals surface area contributed by atoms with Crippen LogP contribution >= 0.6 is 43.5 Å². The lowest BCUT2D eigenvalue weighted by Crippen LogP contribution is -1.82. The highest BCUT2D eigenvalue weighted by Crippen LogP contribution is 2.32. The molecule has 0 radical (unpaired) electrons. The lowest BCUT2D eigenvalue weighted by Gasteiger charge is -2.01. The molecule has 0 aliphatic heterocycles. The smallest absolute Gasteiger partial charge is 0.287 e. The summed E-state index contributed by atoms with van der Waals surface area (Å²) in [5, 5.41) is -0.598. The second-order valence-corrected chi connectivity index (χ2v) is 5.18.